The van der Waals surface area contributed by atoms with Crippen LogP contribution in [0.15, 0.2) is 24.3 Å². The van der Waals surface area contributed by atoms with E-state index in [4.69, 9.17) is 28.4 Å². The molecule has 0 aliphatic rings. The van der Waals surface area contributed by atoms with Crippen molar-refractivity contribution in [3.63, 3.8) is 0 Å². The summed E-state index contributed by atoms with van der Waals surface area (Å²) in [5.41, 5.74) is 2.17. The van der Waals surface area contributed by atoms with Crippen LogP contribution in [0.4, 0.5) is 0 Å². The Morgan fingerprint density at radius 3 is 1.50 bits per heavy atom. The topological polar surface area (TPSA) is 55.4 Å². The van der Waals surface area contributed by atoms with E-state index in [0.717, 1.165) is 35.5 Å². The van der Waals surface area contributed by atoms with Crippen LogP contribution in [0, 0.1) is 5.92 Å². The molecule has 0 aliphatic heterocycles. The minimum absolute atomic E-state index is 0.248. The van der Waals surface area contributed by atoms with Gasteiger partial charge in [0.2, 0.25) is 0 Å². The molecule has 0 saturated heterocycles. The summed E-state index contributed by atoms with van der Waals surface area (Å²) in [4.78, 5) is 0. The van der Waals surface area contributed by atoms with Crippen molar-refractivity contribution in [3.8, 4) is 34.5 Å². The van der Waals surface area contributed by atoms with Crippen LogP contribution in [0.3, 0.4) is 0 Å². The molecule has 2 aromatic carbocycles. The van der Waals surface area contributed by atoms with Crippen LogP contribution >= 0.6 is 0 Å². The van der Waals surface area contributed by atoms with Gasteiger partial charge in [-0.3, -0.25) is 0 Å². The first-order valence-corrected chi connectivity index (χ1v) is 10.1. The number of methoxy groups -OCH3 is 6. The van der Waals surface area contributed by atoms with Crippen LogP contribution in [0.1, 0.15) is 37.3 Å². The molecular formula is C24H34O6. The largest absolute Gasteiger partial charge is 0.496 e. The van der Waals surface area contributed by atoms with E-state index in [1.54, 1.807) is 42.7 Å². The lowest BCUT2D eigenvalue weighted by atomic mass is 9.81. The van der Waals surface area contributed by atoms with E-state index in [0.29, 0.717) is 28.9 Å². The molecule has 0 aromatic heterocycles. The second kappa shape index (κ2) is 10.9. The van der Waals surface area contributed by atoms with Gasteiger partial charge in [-0.25, -0.2) is 0 Å². The van der Waals surface area contributed by atoms with Gasteiger partial charge < -0.3 is 28.4 Å². The molecule has 2 unspecified atom stereocenters. The van der Waals surface area contributed by atoms with Gasteiger partial charge in [-0.05, 0) is 42.4 Å². The quantitative estimate of drug-likeness (QED) is 0.505. The molecule has 0 radical (unpaired) electrons. The monoisotopic (exact) mass is 418 g/mol. The van der Waals surface area contributed by atoms with E-state index in [9.17, 15) is 0 Å². The Balaban J connectivity index is 2.43. The normalized spacial score (nSPS) is 12.7. The van der Waals surface area contributed by atoms with Crippen LogP contribution in [0.2, 0.25) is 0 Å². The second-order valence-corrected chi connectivity index (χ2v) is 7.16. The van der Waals surface area contributed by atoms with Crippen LogP contribution in [0.25, 0.3) is 0 Å². The predicted octanol–water partition coefficient (Wildman–Crippen LogP) is 5.11. The van der Waals surface area contributed by atoms with Crippen LogP contribution < -0.4 is 28.4 Å². The molecule has 0 amide bonds. The summed E-state index contributed by atoms with van der Waals surface area (Å²) in [5, 5.41) is 0. The van der Waals surface area contributed by atoms with Gasteiger partial charge >= 0.3 is 0 Å². The first kappa shape index (κ1) is 23.5. The third kappa shape index (κ3) is 4.86. The summed E-state index contributed by atoms with van der Waals surface area (Å²) in [7, 11) is 9.88. The van der Waals surface area contributed by atoms with Gasteiger partial charge in [-0.2, -0.15) is 0 Å². The minimum Gasteiger partial charge on any atom is -0.496 e. The van der Waals surface area contributed by atoms with Crippen molar-refractivity contribution in [2.45, 2.75) is 32.6 Å². The highest BCUT2D eigenvalue weighted by Crippen LogP contribution is 2.43. The third-order valence-electron chi connectivity index (χ3n) is 5.59. The number of hydrogen-bond donors (Lipinski definition) is 0. The van der Waals surface area contributed by atoms with E-state index in [-0.39, 0.29) is 5.92 Å². The van der Waals surface area contributed by atoms with Crippen molar-refractivity contribution < 1.29 is 28.4 Å². The van der Waals surface area contributed by atoms with Gasteiger partial charge in [0.15, 0.2) is 23.0 Å². The average molecular weight is 419 g/mol. The molecule has 6 nitrogen and oxygen atoms in total. The molecule has 0 heterocycles. The Morgan fingerprint density at radius 1 is 0.600 bits per heavy atom. The molecule has 2 atom stereocenters. The number of benzene rings is 2. The smallest absolute Gasteiger partial charge is 0.164 e. The van der Waals surface area contributed by atoms with Crippen molar-refractivity contribution in [1.29, 1.82) is 0 Å². The van der Waals surface area contributed by atoms with E-state index >= 15 is 0 Å². The molecular weight excluding hydrogens is 384 g/mol. The SMILES string of the molecule is CCC(c1cc(OC)c(OC)cc1OC)C(C)Cc1cc(OC)c(OC)cc1OC. The third-order valence-corrected chi connectivity index (χ3v) is 5.59. The summed E-state index contributed by atoms with van der Waals surface area (Å²) in [5.74, 6) is 4.83. The summed E-state index contributed by atoms with van der Waals surface area (Å²) in [6.45, 7) is 4.42. The lowest BCUT2D eigenvalue weighted by Crippen LogP contribution is -2.14. The predicted molar refractivity (Wildman–Crippen MR) is 118 cm³/mol. The molecule has 0 spiro atoms. The first-order chi connectivity index (χ1) is 14.5. The number of ether oxygens (including phenoxy) is 6. The zero-order valence-electron chi connectivity index (χ0n) is 19.3. The molecule has 166 valence electrons. The highest BCUT2D eigenvalue weighted by molar-refractivity contribution is 5.53. The molecule has 0 saturated carbocycles. The molecule has 2 rings (SSSR count). The molecule has 30 heavy (non-hydrogen) atoms. The fourth-order valence-electron chi connectivity index (χ4n) is 4.01. The Labute approximate surface area is 180 Å². The van der Waals surface area contributed by atoms with Gasteiger partial charge in [0.1, 0.15) is 11.5 Å². The maximum atomic E-state index is 5.69. The molecule has 0 fully saturated rings. The lowest BCUT2D eigenvalue weighted by Gasteiger charge is -2.27. The maximum Gasteiger partial charge on any atom is 0.164 e. The number of rotatable bonds is 11. The van der Waals surface area contributed by atoms with E-state index in [1.165, 1.54) is 0 Å². The summed E-state index contributed by atoms with van der Waals surface area (Å²) in [6, 6.07) is 7.78. The highest BCUT2D eigenvalue weighted by Gasteiger charge is 2.25. The van der Waals surface area contributed by atoms with Gasteiger partial charge in [0.05, 0.1) is 42.7 Å². The van der Waals surface area contributed by atoms with Gasteiger partial charge in [0.25, 0.3) is 0 Å². The Kier molecular flexibility index (Phi) is 8.51. The zero-order valence-corrected chi connectivity index (χ0v) is 19.3. The molecule has 0 bridgehead atoms. The van der Waals surface area contributed by atoms with Crippen molar-refractivity contribution in [1.82, 2.24) is 0 Å². The highest BCUT2D eigenvalue weighted by atomic mass is 16.5. The zero-order chi connectivity index (χ0) is 22.3. The molecule has 0 aliphatic carbocycles. The molecule has 6 heteroatoms. The van der Waals surface area contributed by atoms with Crippen LogP contribution in [0.5, 0.6) is 34.5 Å². The lowest BCUT2D eigenvalue weighted by molar-refractivity contribution is 0.339. The van der Waals surface area contributed by atoms with Gasteiger partial charge in [-0.15, -0.1) is 0 Å². The second-order valence-electron chi connectivity index (χ2n) is 7.16. The Hall–Kier alpha value is -2.76. The van der Waals surface area contributed by atoms with Crippen molar-refractivity contribution in [2.75, 3.05) is 42.7 Å². The average Bonchev–Trinajstić information content (AvgIpc) is 2.78. The van der Waals surface area contributed by atoms with Crippen molar-refractivity contribution >= 4 is 0 Å². The fourth-order valence-corrected chi connectivity index (χ4v) is 4.01. The van der Waals surface area contributed by atoms with E-state index in [2.05, 4.69) is 13.8 Å². The number of hydrogen-bond acceptors (Lipinski definition) is 6. The van der Waals surface area contributed by atoms with E-state index in [1.807, 2.05) is 24.3 Å². The summed E-state index contributed by atoms with van der Waals surface area (Å²) >= 11 is 0. The first-order valence-electron chi connectivity index (χ1n) is 10.1. The Morgan fingerprint density at radius 2 is 1.03 bits per heavy atom. The van der Waals surface area contributed by atoms with Gasteiger partial charge in [0, 0.05) is 17.7 Å². The molecule has 0 N–H and O–H groups in total. The van der Waals surface area contributed by atoms with Crippen molar-refractivity contribution in [3.05, 3.63) is 35.4 Å². The fraction of sp³-hybridized carbons (Fsp3) is 0.500. The van der Waals surface area contributed by atoms with Crippen LogP contribution in [-0.2, 0) is 6.42 Å². The summed E-state index contributed by atoms with van der Waals surface area (Å²) < 4.78 is 33.2. The van der Waals surface area contributed by atoms with E-state index < -0.39 is 0 Å². The minimum atomic E-state index is 0.248. The van der Waals surface area contributed by atoms with Crippen molar-refractivity contribution in [2.24, 2.45) is 5.92 Å². The maximum absolute atomic E-state index is 5.69. The summed E-state index contributed by atoms with van der Waals surface area (Å²) in [6.07, 6.45) is 1.75. The van der Waals surface area contributed by atoms with Crippen LogP contribution in [-0.4, -0.2) is 42.7 Å². The standard InChI is InChI=1S/C24H34O6/c1-9-17(18-12-22(28-6)24(30-8)14-20(18)26-4)15(2)10-16-11-21(27-5)23(29-7)13-19(16)25-3/h11-15,17H,9-10H2,1-8H3. The van der Waals surface area contributed by atoms with Gasteiger partial charge in [-0.1, -0.05) is 13.8 Å². The molecule has 2 aromatic rings. The Bertz CT molecular complexity index is 833.